The van der Waals surface area contributed by atoms with E-state index >= 15 is 0 Å². The second-order valence-electron chi connectivity index (χ2n) is 3.37. The number of rotatable bonds is 1. The summed E-state index contributed by atoms with van der Waals surface area (Å²) < 4.78 is 13.6. The maximum Gasteiger partial charge on any atom is 0.190 e. The van der Waals surface area contributed by atoms with Gasteiger partial charge in [-0.2, -0.15) is 0 Å². The van der Waals surface area contributed by atoms with Crippen molar-refractivity contribution in [3.63, 3.8) is 0 Å². The van der Waals surface area contributed by atoms with Crippen molar-refractivity contribution in [1.29, 1.82) is 0 Å². The van der Waals surface area contributed by atoms with Crippen LogP contribution in [0.1, 0.15) is 0 Å². The number of hydrogen-bond acceptors (Lipinski definition) is 5. The lowest BCUT2D eigenvalue weighted by Crippen LogP contribution is -1.83. The molecule has 0 atom stereocenters. The summed E-state index contributed by atoms with van der Waals surface area (Å²) in [6, 6.07) is 3.97. The van der Waals surface area contributed by atoms with Gasteiger partial charge in [-0.15, -0.1) is 0 Å². The van der Waals surface area contributed by atoms with E-state index in [1.54, 1.807) is 12.4 Å². The average Bonchev–Trinajstić information content (AvgIpc) is 2.72. The molecule has 0 spiro atoms. The first kappa shape index (κ1) is 10.1. The fourth-order valence-electron chi connectivity index (χ4n) is 1.47. The van der Waals surface area contributed by atoms with Crippen molar-refractivity contribution in [2.45, 2.75) is 0 Å². The predicted octanol–water partition coefficient (Wildman–Crippen LogP) is 2.60. The molecule has 3 rings (SSSR count). The molecular weight excluding hydrogens is 241 g/mol. The van der Waals surface area contributed by atoms with E-state index in [0.717, 1.165) is 6.07 Å². The standard InChI is InChI=1S/C11H6FN3OS/c12-8-5-6(16)1-2-7(8)10-15-9-11(17-10)14-4-3-13-9/h1-5,16H. The second-order valence-corrected chi connectivity index (χ2v) is 4.35. The highest BCUT2D eigenvalue weighted by atomic mass is 32.1. The van der Waals surface area contributed by atoms with Gasteiger partial charge in [-0.05, 0) is 12.1 Å². The van der Waals surface area contributed by atoms with Crippen LogP contribution in [0.25, 0.3) is 21.0 Å². The lowest BCUT2D eigenvalue weighted by atomic mass is 10.2. The summed E-state index contributed by atoms with van der Waals surface area (Å²) in [5.41, 5.74) is 0.840. The van der Waals surface area contributed by atoms with Gasteiger partial charge >= 0.3 is 0 Å². The predicted molar refractivity (Wildman–Crippen MR) is 62.3 cm³/mol. The van der Waals surface area contributed by atoms with Crippen molar-refractivity contribution in [2.75, 3.05) is 0 Å². The zero-order chi connectivity index (χ0) is 11.8. The van der Waals surface area contributed by atoms with Crippen molar-refractivity contribution in [1.82, 2.24) is 15.0 Å². The fourth-order valence-corrected chi connectivity index (χ4v) is 2.36. The molecule has 3 aromatic rings. The van der Waals surface area contributed by atoms with Gasteiger partial charge in [-0.1, -0.05) is 11.3 Å². The Balaban J connectivity index is 2.20. The van der Waals surface area contributed by atoms with Crippen LogP contribution >= 0.6 is 11.3 Å². The van der Waals surface area contributed by atoms with E-state index in [1.807, 2.05) is 0 Å². The molecule has 4 nitrogen and oxygen atoms in total. The quantitative estimate of drug-likeness (QED) is 0.718. The van der Waals surface area contributed by atoms with Crippen molar-refractivity contribution < 1.29 is 9.50 Å². The molecule has 2 aromatic heterocycles. The highest BCUT2D eigenvalue weighted by Crippen LogP contribution is 2.30. The van der Waals surface area contributed by atoms with E-state index < -0.39 is 5.82 Å². The van der Waals surface area contributed by atoms with Crippen molar-refractivity contribution in [2.24, 2.45) is 0 Å². The number of phenolic OH excluding ortho intramolecular Hbond substituents is 1. The molecule has 2 heterocycles. The first-order chi connectivity index (χ1) is 8.24. The van der Waals surface area contributed by atoms with Gasteiger partial charge in [0.1, 0.15) is 16.6 Å². The topological polar surface area (TPSA) is 58.9 Å². The lowest BCUT2D eigenvalue weighted by Gasteiger charge is -1.98. The van der Waals surface area contributed by atoms with Crippen molar-refractivity contribution in [3.8, 4) is 16.3 Å². The summed E-state index contributed by atoms with van der Waals surface area (Å²) in [5, 5.41) is 9.65. The number of phenols is 1. The summed E-state index contributed by atoms with van der Waals surface area (Å²) in [6.45, 7) is 0. The van der Waals surface area contributed by atoms with E-state index in [-0.39, 0.29) is 5.75 Å². The van der Waals surface area contributed by atoms with E-state index in [2.05, 4.69) is 15.0 Å². The summed E-state index contributed by atoms with van der Waals surface area (Å²) in [6.07, 6.45) is 3.11. The molecule has 0 aliphatic heterocycles. The van der Waals surface area contributed by atoms with E-state index in [1.165, 1.54) is 23.5 Å². The number of aromatic hydroxyl groups is 1. The van der Waals surface area contributed by atoms with E-state index in [4.69, 9.17) is 5.11 Å². The Morgan fingerprint density at radius 3 is 2.76 bits per heavy atom. The average molecular weight is 247 g/mol. The van der Waals surface area contributed by atoms with Gasteiger partial charge in [-0.3, -0.25) is 0 Å². The highest BCUT2D eigenvalue weighted by molar-refractivity contribution is 7.21. The molecule has 84 valence electrons. The molecule has 0 fully saturated rings. The van der Waals surface area contributed by atoms with Gasteiger partial charge in [0.25, 0.3) is 0 Å². The number of benzene rings is 1. The molecule has 1 aromatic carbocycles. The Morgan fingerprint density at radius 1 is 1.18 bits per heavy atom. The molecule has 0 unspecified atom stereocenters. The van der Waals surface area contributed by atoms with Gasteiger partial charge in [0.2, 0.25) is 0 Å². The van der Waals surface area contributed by atoms with Crippen LogP contribution in [-0.4, -0.2) is 20.1 Å². The maximum absolute atomic E-state index is 13.6. The lowest BCUT2D eigenvalue weighted by molar-refractivity contribution is 0.469. The number of hydrogen-bond donors (Lipinski definition) is 1. The number of halogens is 1. The molecule has 1 N–H and O–H groups in total. The first-order valence-corrected chi connectivity index (χ1v) is 5.62. The molecule has 0 aliphatic rings. The van der Waals surface area contributed by atoms with E-state index in [9.17, 15) is 4.39 Å². The van der Waals surface area contributed by atoms with Crippen LogP contribution < -0.4 is 0 Å². The maximum atomic E-state index is 13.6. The van der Waals surface area contributed by atoms with Gasteiger partial charge in [0, 0.05) is 24.0 Å². The number of nitrogens with zero attached hydrogens (tertiary/aromatic N) is 3. The number of fused-ring (bicyclic) bond motifs is 1. The third-order valence-corrected chi connectivity index (χ3v) is 3.22. The highest BCUT2D eigenvalue weighted by Gasteiger charge is 2.12. The molecule has 0 radical (unpaired) electrons. The van der Waals surface area contributed by atoms with Crippen molar-refractivity contribution in [3.05, 3.63) is 36.4 Å². The Labute approximate surface area is 99.4 Å². The number of aromatic nitrogens is 3. The van der Waals surface area contributed by atoms with E-state index in [0.29, 0.717) is 21.0 Å². The third-order valence-electron chi connectivity index (χ3n) is 2.23. The zero-order valence-corrected chi connectivity index (χ0v) is 9.28. The molecule has 17 heavy (non-hydrogen) atoms. The minimum atomic E-state index is -0.510. The Hall–Kier alpha value is -2.08. The number of thiazole rings is 1. The van der Waals surface area contributed by atoms with Crippen LogP contribution in [0.5, 0.6) is 5.75 Å². The van der Waals surface area contributed by atoms with Gasteiger partial charge in [0.15, 0.2) is 10.5 Å². The monoisotopic (exact) mass is 247 g/mol. The van der Waals surface area contributed by atoms with Crippen LogP contribution in [0, 0.1) is 5.82 Å². The van der Waals surface area contributed by atoms with Crippen LogP contribution in [0.15, 0.2) is 30.6 Å². The van der Waals surface area contributed by atoms with Crippen LogP contribution in [-0.2, 0) is 0 Å². The fraction of sp³-hybridized carbons (Fsp3) is 0. The third kappa shape index (κ3) is 1.72. The zero-order valence-electron chi connectivity index (χ0n) is 8.46. The summed E-state index contributed by atoms with van der Waals surface area (Å²) in [4.78, 5) is 13.0. The largest absolute Gasteiger partial charge is 0.508 e. The molecule has 0 amide bonds. The first-order valence-electron chi connectivity index (χ1n) is 4.80. The molecular formula is C11H6FN3OS. The normalized spacial score (nSPS) is 10.9. The SMILES string of the molecule is Oc1ccc(-c2nc3nccnc3s2)c(F)c1. The molecule has 0 saturated carbocycles. The van der Waals surface area contributed by atoms with Gasteiger partial charge < -0.3 is 5.11 Å². The smallest absolute Gasteiger partial charge is 0.190 e. The molecule has 0 bridgehead atoms. The van der Waals surface area contributed by atoms with Crippen molar-refractivity contribution >= 4 is 21.8 Å². The van der Waals surface area contributed by atoms with Gasteiger partial charge in [-0.25, -0.2) is 19.3 Å². The summed E-state index contributed by atoms with van der Waals surface area (Å²) >= 11 is 1.26. The van der Waals surface area contributed by atoms with Crippen LogP contribution in [0.2, 0.25) is 0 Å². The molecule has 6 heteroatoms. The van der Waals surface area contributed by atoms with Crippen LogP contribution in [0.3, 0.4) is 0 Å². The van der Waals surface area contributed by atoms with Gasteiger partial charge in [0.05, 0.1) is 0 Å². The summed E-state index contributed by atoms with van der Waals surface area (Å²) in [7, 11) is 0. The Kier molecular flexibility index (Phi) is 2.22. The minimum absolute atomic E-state index is 0.108. The second kappa shape index (κ2) is 3.74. The Bertz CT molecular complexity index is 665. The molecule has 0 aliphatic carbocycles. The minimum Gasteiger partial charge on any atom is -0.508 e. The Morgan fingerprint density at radius 2 is 2.00 bits per heavy atom. The van der Waals surface area contributed by atoms with Crippen LogP contribution in [0.4, 0.5) is 4.39 Å². The molecule has 0 saturated heterocycles. The summed E-state index contributed by atoms with van der Waals surface area (Å²) in [5.74, 6) is -0.618.